The molecule has 140 valence electrons. The Balaban J connectivity index is 1.39. The molecule has 2 bridgehead atoms. The lowest BCUT2D eigenvalue weighted by Gasteiger charge is -2.27. The highest BCUT2D eigenvalue weighted by Gasteiger charge is 2.40. The molecule has 0 radical (unpaired) electrons. The SMILES string of the molecule is O=C(CCC1CCN2C[C@H]1OC2=O)OC(c1ccccc1)c1ccccc1. The highest BCUT2D eigenvalue weighted by molar-refractivity contribution is 5.71. The van der Waals surface area contributed by atoms with Crippen LogP contribution >= 0.6 is 0 Å². The Hall–Kier alpha value is -2.82. The van der Waals surface area contributed by atoms with Gasteiger partial charge in [0.05, 0.1) is 6.54 Å². The van der Waals surface area contributed by atoms with Gasteiger partial charge in [-0.2, -0.15) is 0 Å². The van der Waals surface area contributed by atoms with Gasteiger partial charge >= 0.3 is 12.1 Å². The molecule has 2 heterocycles. The molecule has 2 atom stereocenters. The van der Waals surface area contributed by atoms with E-state index in [1.54, 1.807) is 4.90 Å². The molecule has 4 rings (SSSR count). The Kier molecular flexibility index (Phi) is 5.10. The van der Waals surface area contributed by atoms with Crippen molar-refractivity contribution >= 4 is 12.1 Å². The molecule has 0 aliphatic carbocycles. The average molecular weight is 365 g/mol. The van der Waals surface area contributed by atoms with E-state index in [2.05, 4.69) is 0 Å². The number of benzene rings is 2. The summed E-state index contributed by atoms with van der Waals surface area (Å²) in [5.41, 5.74) is 1.91. The summed E-state index contributed by atoms with van der Waals surface area (Å²) in [4.78, 5) is 25.9. The van der Waals surface area contributed by atoms with Crippen LogP contribution in [0.5, 0.6) is 0 Å². The molecule has 2 aliphatic heterocycles. The van der Waals surface area contributed by atoms with E-state index in [-0.39, 0.29) is 24.1 Å². The van der Waals surface area contributed by atoms with Crippen LogP contribution in [0.3, 0.4) is 0 Å². The Labute approximate surface area is 158 Å². The number of esters is 1. The molecule has 2 saturated heterocycles. The molecule has 0 aromatic heterocycles. The number of hydrogen-bond acceptors (Lipinski definition) is 4. The first-order valence-electron chi connectivity index (χ1n) is 9.45. The number of hydrogen-bond donors (Lipinski definition) is 0. The van der Waals surface area contributed by atoms with E-state index in [1.165, 1.54) is 0 Å². The molecule has 0 saturated carbocycles. The molecular weight excluding hydrogens is 342 g/mol. The fourth-order valence-corrected chi connectivity index (χ4v) is 3.88. The van der Waals surface area contributed by atoms with E-state index in [9.17, 15) is 9.59 Å². The maximum Gasteiger partial charge on any atom is 0.410 e. The highest BCUT2D eigenvalue weighted by atomic mass is 16.6. The quantitative estimate of drug-likeness (QED) is 0.728. The third kappa shape index (κ3) is 3.97. The van der Waals surface area contributed by atoms with Gasteiger partial charge in [-0.25, -0.2) is 4.79 Å². The zero-order valence-corrected chi connectivity index (χ0v) is 15.1. The van der Waals surface area contributed by atoms with Crippen LogP contribution < -0.4 is 0 Å². The molecule has 5 nitrogen and oxygen atoms in total. The lowest BCUT2D eigenvalue weighted by molar-refractivity contribution is -0.148. The first-order valence-corrected chi connectivity index (χ1v) is 9.45. The standard InChI is InChI=1S/C22H23NO4/c24-20(12-11-16-13-14-23-15-19(16)26-22(23)25)27-21(17-7-3-1-4-8-17)18-9-5-2-6-10-18/h1-10,16,19,21H,11-15H2/t16?,19-/m1/s1. The Bertz CT molecular complexity index is 753. The maximum absolute atomic E-state index is 12.6. The summed E-state index contributed by atoms with van der Waals surface area (Å²) in [5.74, 6) is 0.00612. The van der Waals surface area contributed by atoms with E-state index < -0.39 is 6.10 Å². The minimum absolute atomic E-state index is 0.0851. The number of amides is 1. The van der Waals surface area contributed by atoms with Gasteiger partial charge in [0.25, 0.3) is 0 Å². The van der Waals surface area contributed by atoms with Crippen LogP contribution in [0.2, 0.25) is 0 Å². The number of nitrogens with zero attached hydrogens (tertiary/aromatic N) is 1. The van der Waals surface area contributed by atoms with Crippen molar-refractivity contribution in [1.82, 2.24) is 4.90 Å². The topological polar surface area (TPSA) is 55.8 Å². The zero-order valence-electron chi connectivity index (χ0n) is 15.1. The van der Waals surface area contributed by atoms with Crippen LogP contribution in [0.4, 0.5) is 4.79 Å². The second kappa shape index (κ2) is 7.82. The number of fused-ring (bicyclic) bond motifs is 2. The fraction of sp³-hybridized carbons (Fsp3) is 0.364. The molecule has 27 heavy (non-hydrogen) atoms. The van der Waals surface area contributed by atoms with E-state index in [0.29, 0.717) is 25.9 Å². The summed E-state index contributed by atoms with van der Waals surface area (Å²) in [7, 11) is 0. The van der Waals surface area contributed by atoms with Crippen LogP contribution in [0.25, 0.3) is 0 Å². The molecule has 0 N–H and O–H groups in total. The van der Waals surface area contributed by atoms with Crippen molar-refractivity contribution in [3.8, 4) is 0 Å². The van der Waals surface area contributed by atoms with Gasteiger partial charge in [-0.1, -0.05) is 60.7 Å². The second-order valence-corrected chi connectivity index (χ2v) is 7.15. The molecule has 2 aromatic rings. The average Bonchev–Trinajstić information content (AvgIpc) is 3.01. The van der Waals surface area contributed by atoms with Crippen LogP contribution in [0.1, 0.15) is 36.5 Å². The number of ether oxygens (including phenoxy) is 2. The first-order chi connectivity index (χ1) is 13.2. The van der Waals surface area contributed by atoms with Crippen molar-refractivity contribution in [2.75, 3.05) is 13.1 Å². The van der Waals surface area contributed by atoms with Gasteiger partial charge in [-0.3, -0.25) is 4.79 Å². The van der Waals surface area contributed by atoms with Gasteiger partial charge in [0, 0.05) is 18.9 Å². The number of rotatable bonds is 6. The van der Waals surface area contributed by atoms with Gasteiger partial charge in [0.2, 0.25) is 0 Å². The zero-order chi connectivity index (χ0) is 18.6. The van der Waals surface area contributed by atoms with E-state index in [1.807, 2.05) is 60.7 Å². The number of piperidine rings is 1. The molecule has 2 aromatic carbocycles. The van der Waals surface area contributed by atoms with Gasteiger partial charge in [-0.15, -0.1) is 0 Å². The van der Waals surface area contributed by atoms with Crippen LogP contribution in [0.15, 0.2) is 60.7 Å². The Morgan fingerprint density at radius 1 is 1.07 bits per heavy atom. The van der Waals surface area contributed by atoms with Crippen LogP contribution in [-0.2, 0) is 14.3 Å². The molecule has 0 spiro atoms. The summed E-state index contributed by atoms with van der Waals surface area (Å²) >= 11 is 0. The second-order valence-electron chi connectivity index (χ2n) is 7.15. The van der Waals surface area contributed by atoms with Crippen molar-refractivity contribution in [2.24, 2.45) is 5.92 Å². The van der Waals surface area contributed by atoms with Gasteiger partial charge < -0.3 is 14.4 Å². The molecule has 1 amide bonds. The highest BCUT2D eigenvalue weighted by Crippen LogP contribution is 2.31. The number of carbonyl (C=O) groups excluding carboxylic acids is 2. The van der Waals surface area contributed by atoms with E-state index in [0.717, 1.165) is 17.5 Å². The Morgan fingerprint density at radius 2 is 1.70 bits per heavy atom. The molecule has 1 unspecified atom stereocenters. The van der Waals surface area contributed by atoms with Crippen molar-refractivity contribution in [2.45, 2.75) is 31.5 Å². The van der Waals surface area contributed by atoms with Crippen LogP contribution in [-0.4, -0.2) is 36.2 Å². The molecular formula is C22H23NO4. The van der Waals surface area contributed by atoms with Gasteiger partial charge in [0.15, 0.2) is 6.10 Å². The van der Waals surface area contributed by atoms with E-state index >= 15 is 0 Å². The normalized spacial score (nSPS) is 21.2. The van der Waals surface area contributed by atoms with Gasteiger partial charge in [-0.05, 0) is 24.0 Å². The lowest BCUT2D eigenvalue weighted by Crippen LogP contribution is -2.36. The monoisotopic (exact) mass is 365 g/mol. The number of carbonyl (C=O) groups is 2. The van der Waals surface area contributed by atoms with Crippen molar-refractivity contribution in [3.63, 3.8) is 0 Å². The van der Waals surface area contributed by atoms with Gasteiger partial charge in [0.1, 0.15) is 6.10 Å². The summed E-state index contributed by atoms with van der Waals surface area (Å²) in [6.45, 7) is 1.36. The van der Waals surface area contributed by atoms with Crippen LogP contribution in [0, 0.1) is 5.92 Å². The summed E-state index contributed by atoms with van der Waals surface area (Å²) < 4.78 is 11.2. The van der Waals surface area contributed by atoms with E-state index in [4.69, 9.17) is 9.47 Å². The smallest absolute Gasteiger partial charge is 0.410 e. The third-order valence-corrected chi connectivity index (χ3v) is 5.38. The largest absolute Gasteiger partial charge is 0.453 e. The predicted octanol–water partition coefficient (Wildman–Crippen LogP) is 3.94. The summed E-state index contributed by atoms with van der Waals surface area (Å²) in [5, 5.41) is 0. The maximum atomic E-state index is 12.6. The van der Waals surface area contributed by atoms with Crippen molar-refractivity contribution in [1.29, 1.82) is 0 Å². The molecule has 5 heteroatoms. The minimum atomic E-state index is -0.411. The summed E-state index contributed by atoms with van der Waals surface area (Å²) in [6, 6.07) is 19.6. The third-order valence-electron chi connectivity index (χ3n) is 5.38. The minimum Gasteiger partial charge on any atom is -0.453 e. The first kappa shape index (κ1) is 17.6. The molecule has 2 fully saturated rings. The molecule has 2 aliphatic rings. The van der Waals surface area contributed by atoms with Crippen molar-refractivity contribution < 1.29 is 19.1 Å². The summed E-state index contributed by atoms with van der Waals surface area (Å²) in [6.07, 6.45) is 1.17. The van der Waals surface area contributed by atoms with Crippen molar-refractivity contribution in [3.05, 3.63) is 71.8 Å². The predicted molar refractivity (Wildman–Crippen MR) is 100 cm³/mol. The fourth-order valence-electron chi connectivity index (χ4n) is 3.88. The Morgan fingerprint density at radius 3 is 2.33 bits per heavy atom. The lowest BCUT2D eigenvalue weighted by atomic mass is 9.90.